The van der Waals surface area contributed by atoms with Crippen LogP contribution in [0.3, 0.4) is 0 Å². The zero-order valence-electron chi connectivity index (χ0n) is 18.2. The zero-order chi connectivity index (χ0) is 22.1. The zero-order valence-corrected chi connectivity index (χ0v) is 18.2. The van der Waals surface area contributed by atoms with E-state index in [9.17, 15) is 14.7 Å². The summed E-state index contributed by atoms with van der Waals surface area (Å²) in [7, 11) is 1.62. The van der Waals surface area contributed by atoms with Crippen molar-refractivity contribution in [1.29, 1.82) is 0 Å². The number of anilines is 1. The number of hydrogen-bond donors (Lipinski definition) is 1. The molecule has 2 heterocycles. The maximum absolute atomic E-state index is 12.6. The summed E-state index contributed by atoms with van der Waals surface area (Å²) in [5, 5.41) is 13.9. The van der Waals surface area contributed by atoms with Gasteiger partial charge in [0.1, 0.15) is 18.1 Å². The van der Waals surface area contributed by atoms with Crippen LogP contribution in [-0.2, 0) is 9.59 Å². The molecular formula is C23H29N3O5. The summed E-state index contributed by atoms with van der Waals surface area (Å²) in [6, 6.07) is 7.44. The van der Waals surface area contributed by atoms with Gasteiger partial charge in [-0.25, -0.2) is 0 Å². The Balaban J connectivity index is 1.43. The molecule has 166 valence electrons. The summed E-state index contributed by atoms with van der Waals surface area (Å²) in [5.74, 6) is 2.03. The van der Waals surface area contributed by atoms with Crippen LogP contribution in [0.2, 0.25) is 0 Å². The van der Waals surface area contributed by atoms with Gasteiger partial charge in [-0.2, -0.15) is 0 Å². The van der Waals surface area contributed by atoms with Crippen molar-refractivity contribution in [2.45, 2.75) is 45.1 Å². The standard InChI is InChI=1S/C23H29N3O5/c1-14-8-21(24-31-14)25(3)23(29)12-26-11-18(10-22(26)28)17-6-7-19(15(2)27)20(9-17)30-13-16-4-5-16/h6-9,15-16,18,27H,4-5,10-13H2,1-3H3/t15?,18-/m1/s1. The summed E-state index contributed by atoms with van der Waals surface area (Å²) in [6.07, 6.45) is 2.09. The molecule has 2 amide bonds. The van der Waals surface area contributed by atoms with Gasteiger partial charge in [0.2, 0.25) is 11.8 Å². The van der Waals surface area contributed by atoms with E-state index in [-0.39, 0.29) is 24.3 Å². The third-order valence-corrected chi connectivity index (χ3v) is 6.00. The Morgan fingerprint density at radius 2 is 2.16 bits per heavy atom. The van der Waals surface area contributed by atoms with Crippen LogP contribution in [0, 0.1) is 12.8 Å². The van der Waals surface area contributed by atoms with Crippen molar-refractivity contribution in [2.75, 3.05) is 31.6 Å². The van der Waals surface area contributed by atoms with Gasteiger partial charge in [-0.05, 0) is 44.2 Å². The van der Waals surface area contributed by atoms with Gasteiger partial charge < -0.3 is 19.3 Å². The van der Waals surface area contributed by atoms with Crippen LogP contribution >= 0.6 is 0 Å². The molecule has 8 nitrogen and oxygen atoms in total. The highest BCUT2D eigenvalue weighted by molar-refractivity contribution is 5.96. The minimum Gasteiger partial charge on any atom is -0.493 e. The molecule has 2 atom stereocenters. The molecule has 1 aliphatic carbocycles. The molecule has 1 saturated carbocycles. The third-order valence-electron chi connectivity index (χ3n) is 6.00. The maximum Gasteiger partial charge on any atom is 0.247 e. The number of nitrogens with zero attached hydrogens (tertiary/aromatic N) is 3. The second kappa shape index (κ2) is 8.70. The van der Waals surface area contributed by atoms with E-state index in [1.165, 1.54) is 17.7 Å². The van der Waals surface area contributed by atoms with Crippen molar-refractivity contribution in [1.82, 2.24) is 10.1 Å². The first kappa shape index (κ1) is 21.4. The van der Waals surface area contributed by atoms with Crippen molar-refractivity contribution in [2.24, 2.45) is 5.92 Å². The Bertz CT molecular complexity index is 966. The van der Waals surface area contributed by atoms with Gasteiger partial charge in [0.25, 0.3) is 0 Å². The summed E-state index contributed by atoms with van der Waals surface area (Å²) < 4.78 is 11.0. The molecule has 31 heavy (non-hydrogen) atoms. The monoisotopic (exact) mass is 427 g/mol. The van der Waals surface area contributed by atoms with Crippen molar-refractivity contribution >= 4 is 17.6 Å². The van der Waals surface area contributed by atoms with Crippen molar-refractivity contribution in [3.8, 4) is 5.75 Å². The van der Waals surface area contributed by atoms with Gasteiger partial charge in [0, 0.05) is 37.6 Å². The van der Waals surface area contributed by atoms with Crippen LogP contribution in [0.5, 0.6) is 5.75 Å². The molecule has 0 bridgehead atoms. The van der Waals surface area contributed by atoms with E-state index in [1.807, 2.05) is 18.2 Å². The molecular weight excluding hydrogens is 398 g/mol. The van der Waals surface area contributed by atoms with Crippen LogP contribution in [0.1, 0.15) is 55.1 Å². The summed E-state index contributed by atoms with van der Waals surface area (Å²) in [6.45, 7) is 4.59. The lowest BCUT2D eigenvalue weighted by atomic mass is 9.95. The highest BCUT2D eigenvalue weighted by Crippen LogP contribution is 2.36. The third kappa shape index (κ3) is 4.90. The first-order valence-electron chi connectivity index (χ1n) is 10.7. The van der Waals surface area contributed by atoms with E-state index in [0.717, 1.165) is 11.1 Å². The van der Waals surface area contributed by atoms with Gasteiger partial charge >= 0.3 is 0 Å². The van der Waals surface area contributed by atoms with E-state index in [0.29, 0.717) is 42.8 Å². The first-order valence-corrected chi connectivity index (χ1v) is 10.7. The normalized spacial score (nSPS) is 19.5. The number of aliphatic hydroxyl groups excluding tert-OH is 1. The number of likely N-dealkylation sites (tertiary alicyclic amines) is 1. The summed E-state index contributed by atoms with van der Waals surface area (Å²) >= 11 is 0. The average Bonchev–Trinajstić information content (AvgIpc) is 3.37. The van der Waals surface area contributed by atoms with Gasteiger partial charge in [0.15, 0.2) is 5.82 Å². The molecule has 2 aromatic rings. The van der Waals surface area contributed by atoms with Gasteiger partial charge in [-0.15, -0.1) is 0 Å². The number of carbonyl (C=O) groups excluding carboxylic acids is 2. The highest BCUT2D eigenvalue weighted by Gasteiger charge is 2.33. The minimum atomic E-state index is -0.627. The molecule has 1 aliphatic heterocycles. The number of likely N-dealkylation sites (N-methyl/N-ethyl adjacent to an activating group) is 1. The average molecular weight is 428 g/mol. The Kier molecular flexibility index (Phi) is 6.00. The van der Waals surface area contributed by atoms with E-state index in [1.54, 1.807) is 31.9 Å². The number of amides is 2. The lowest BCUT2D eigenvalue weighted by Gasteiger charge is -2.20. The predicted octanol–water partition coefficient (Wildman–Crippen LogP) is 2.80. The van der Waals surface area contributed by atoms with Gasteiger partial charge in [0.05, 0.1) is 12.7 Å². The van der Waals surface area contributed by atoms with Crippen LogP contribution in [0.15, 0.2) is 28.8 Å². The number of rotatable bonds is 8. The predicted molar refractivity (Wildman–Crippen MR) is 114 cm³/mol. The Morgan fingerprint density at radius 1 is 1.39 bits per heavy atom. The molecule has 0 spiro atoms. The second-order valence-corrected chi connectivity index (χ2v) is 8.65. The summed E-state index contributed by atoms with van der Waals surface area (Å²) in [5.41, 5.74) is 1.74. The van der Waals surface area contributed by atoms with Crippen molar-refractivity contribution in [3.05, 3.63) is 41.2 Å². The number of aromatic nitrogens is 1. The summed E-state index contributed by atoms with van der Waals surface area (Å²) in [4.78, 5) is 28.2. The molecule has 1 unspecified atom stereocenters. The van der Waals surface area contributed by atoms with E-state index in [2.05, 4.69) is 5.16 Å². The number of ether oxygens (including phenoxy) is 1. The SMILES string of the molecule is Cc1cc(N(C)C(=O)CN2C[C@H](c3ccc(C(C)O)c(OCC4CC4)c3)CC2=O)no1. The molecule has 0 radical (unpaired) electrons. The maximum atomic E-state index is 12.6. The Morgan fingerprint density at radius 3 is 2.81 bits per heavy atom. The lowest BCUT2D eigenvalue weighted by Crippen LogP contribution is -2.39. The van der Waals surface area contributed by atoms with E-state index in [4.69, 9.17) is 9.26 Å². The molecule has 1 saturated heterocycles. The quantitative estimate of drug-likeness (QED) is 0.696. The van der Waals surface area contributed by atoms with Crippen LogP contribution in [0.4, 0.5) is 5.82 Å². The van der Waals surface area contributed by atoms with Gasteiger partial charge in [-0.3, -0.25) is 14.5 Å². The van der Waals surface area contributed by atoms with E-state index >= 15 is 0 Å². The first-order chi connectivity index (χ1) is 14.8. The fourth-order valence-electron chi connectivity index (χ4n) is 3.82. The fourth-order valence-corrected chi connectivity index (χ4v) is 3.82. The molecule has 1 aromatic carbocycles. The topological polar surface area (TPSA) is 96.1 Å². The molecule has 1 N–H and O–H groups in total. The van der Waals surface area contributed by atoms with Gasteiger partial charge in [-0.1, -0.05) is 17.3 Å². The molecule has 8 heteroatoms. The number of hydrogen-bond acceptors (Lipinski definition) is 6. The number of benzene rings is 1. The smallest absolute Gasteiger partial charge is 0.247 e. The van der Waals surface area contributed by atoms with Crippen LogP contribution in [0.25, 0.3) is 0 Å². The molecule has 2 aliphatic rings. The van der Waals surface area contributed by atoms with Crippen LogP contribution in [-0.4, -0.2) is 53.7 Å². The fraction of sp³-hybridized carbons (Fsp3) is 0.522. The number of aryl methyl sites for hydroxylation is 1. The molecule has 2 fully saturated rings. The largest absolute Gasteiger partial charge is 0.493 e. The minimum absolute atomic E-state index is 0.00542. The van der Waals surface area contributed by atoms with Crippen LogP contribution < -0.4 is 9.64 Å². The lowest BCUT2D eigenvalue weighted by molar-refractivity contribution is -0.132. The van der Waals surface area contributed by atoms with Crippen molar-refractivity contribution in [3.63, 3.8) is 0 Å². The number of carbonyl (C=O) groups is 2. The molecule has 4 rings (SSSR count). The Hall–Kier alpha value is -2.87. The highest BCUT2D eigenvalue weighted by atomic mass is 16.5. The number of aliphatic hydroxyl groups is 1. The van der Waals surface area contributed by atoms with Crippen molar-refractivity contribution < 1.29 is 24.0 Å². The Labute approximate surface area is 181 Å². The second-order valence-electron chi connectivity index (χ2n) is 8.65. The van der Waals surface area contributed by atoms with E-state index < -0.39 is 6.10 Å². The molecule has 1 aromatic heterocycles.